The van der Waals surface area contributed by atoms with Crippen LogP contribution < -0.4 is 4.90 Å². The zero-order valence-corrected chi connectivity index (χ0v) is 18.7. The Morgan fingerprint density at radius 2 is 1.78 bits per heavy atom. The number of hydrogen-bond donors (Lipinski definition) is 0. The van der Waals surface area contributed by atoms with Gasteiger partial charge in [-0.15, -0.1) is 11.3 Å². The summed E-state index contributed by atoms with van der Waals surface area (Å²) in [5.41, 5.74) is 3.29. The second kappa shape index (κ2) is 9.49. The van der Waals surface area contributed by atoms with E-state index < -0.39 is 0 Å². The van der Waals surface area contributed by atoms with E-state index in [9.17, 15) is 4.79 Å². The van der Waals surface area contributed by atoms with Crippen molar-refractivity contribution in [1.82, 2.24) is 14.5 Å². The van der Waals surface area contributed by atoms with Gasteiger partial charge in [-0.2, -0.15) is 0 Å². The molecular weight excluding hydrogens is 416 g/mol. The Morgan fingerprint density at radius 3 is 2.56 bits per heavy atom. The summed E-state index contributed by atoms with van der Waals surface area (Å²) in [4.78, 5) is 24.2. The minimum atomic E-state index is 0.104. The molecule has 162 valence electrons. The summed E-state index contributed by atoms with van der Waals surface area (Å²) in [6.45, 7) is 2.67. The molecule has 5 nitrogen and oxygen atoms in total. The first kappa shape index (κ1) is 20.6. The lowest BCUT2D eigenvalue weighted by molar-refractivity contribution is 0.0984. The largest absolute Gasteiger partial charge is 0.356 e. The number of anilines is 1. The third kappa shape index (κ3) is 4.65. The molecule has 0 radical (unpaired) electrons. The van der Waals surface area contributed by atoms with Crippen molar-refractivity contribution in [2.75, 3.05) is 18.0 Å². The third-order valence-electron chi connectivity index (χ3n) is 6.16. The van der Waals surface area contributed by atoms with E-state index in [1.54, 1.807) is 23.7 Å². The molecule has 1 aliphatic heterocycles. The third-order valence-corrected chi connectivity index (χ3v) is 7.00. The Bertz CT molecular complexity index is 1160. The van der Waals surface area contributed by atoms with Gasteiger partial charge in [0.2, 0.25) is 0 Å². The highest BCUT2D eigenvalue weighted by molar-refractivity contribution is 7.10. The van der Waals surface area contributed by atoms with E-state index in [1.807, 2.05) is 35.0 Å². The van der Waals surface area contributed by atoms with Gasteiger partial charge in [-0.25, -0.2) is 4.98 Å². The predicted molar refractivity (Wildman–Crippen MR) is 129 cm³/mol. The van der Waals surface area contributed by atoms with Crippen LogP contribution in [0.2, 0.25) is 0 Å². The van der Waals surface area contributed by atoms with Crippen molar-refractivity contribution < 1.29 is 4.79 Å². The average Bonchev–Trinajstić information content (AvgIpc) is 3.50. The molecule has 1 aliphatic rings. The molecule has 1 fully saturated rings. The fraction of sp³-hybridized carbons (Fsp3) is 0.269. The van der Waals surface area contributed by atoms with Crippen LogP contribution >= 0.6 is 11.3 Å². The summed E-state index contributed by atoms with van der Waals surface area (Å²) in [5.74, 6) is 1.74. The van der Waals surface area contributed by atoms with Crippen LogP contribution in [0, 0.1) is 0 Å². The maximum absolute atomic E-state index is 13.0. The van der Waals surface area contributed by atoms with Crippen molar-refractivity contribution in [3.8, 4) is 0 Å². The highest BCUT2D eigenvalue weighted by Gasteiger charge is 2.22. The topological polar surface area (TPSA) is 51.0 Å². The number of rotatable bonds is 7. The molecule has 5 rings (SSSR count). The van der Waals surface area contributed by atoms with Crippen LogP contribution in [0.5, 0.6) is 0 Å². The Hall–Kier alpha value is -3.25. The number of pyridine rings is 1. The number of ketones is 1. The highest BCUT2D eigenvalue weighted by Crippen LogP contribution is 2.31. The quantitative estimate of drug-likeness (QED) is 0.369. The van der Waals surface area contributed by atoms with Gasteiger partial charge in [0.1, 0.15) is 10.8 Å². The Morgan fingerprint density at radius 1 is 1.00 bits per heavy atom. The molecule has 0 atom stereocenters. The summed E-state index contributed by atoms with van der Waals surface area (Å²) in [7, 11) is 0. The lowest BCUT2D eigenvalue weighted by Gasteiger charge is -2.32. The summed E-state index contributed by atoms with van der Waals surface area (Å²) in [6.07, 6.45) is 8.13. The van der Waals surface area contributed by atoms with E-state index in [0.717, 1.165) is 48.0 Å². The van der Waals surface area contributed by atoms with Crippen LogP contribution in [-0.2, 0) is 13.0 Å². The smallest absolute Gasteiger partial charge is 0.186 e. The van der Waals surface area contributed by atoms with Crippen LogP contribution in [0.25, 0.3) is 0 Å². The zero-order chi connectivity index (χ0) is 21.8. The van der Waals surface area contributed by atoms with Gasteiger partial charge < -0.3 is 9.47 Å². The minimum absolute atomic E-state index is 0.104. The van der Waals surface area contributed by atoms with Crippen molar-refractivity contribution >= 4 is 22.9 Å². The summed E-state index contributed by atoms with van der Waals surface area (Å²) < 4.78 is 2.00. The molecule has 32 heavy (non-hydrogen) atoms. The normalized spacial score (nSPS) is 14.6. The molecule has 4 heterocycles. The molecule has 0 bridgehead atoms. The van der Waals surface area contributed by atoms with Gasteiger partial charge in [0.15, 0.2) is 5.78 Å². The van der Waals surface area contributed by atoms with E-state index in [4.69, 9.17) is 4.98 Å². The summed E-state index contributed by atoms with van der Waals surface area (Å²) in [6, 6.07) is 18.6. The molecule has 0 N–H and O–H groups in total. The molecule has 0 amide bonds. The maximum atomic E-state index is 13.0. The Balaban J connectivity index is 1.20. The van der Waals surface area contributed by atoms with Gasteiger partial charge in [0.05, 0.1) is 12.1 Å². The van der Waals surface area contributed by atoms with Crippen LogP contribution in [-0.4, -0.2) is 33.4 Å². The van der Waals surface area contributed by atoms with Crippen LogP contribution in [0.1, 0.15) is 45.4 Å². The zero-order valence-electron chi connectivity index (χ0n) is 17.9. The second-order valence-electron chi connectivity index (χ2n) is 8.25. The van der Waals surface area contributed by atoms with Crippen molar-refractivity contribution in [2.24, 2.45) is 0 Å². The monoisotopic (exact) mass is 442 g/mol. The molecule has 0 aliphatic carbocycles. The minimum Gasteiger partial charge on any atom is -0.356 e. The van der Waals surface area contributed by atoms with Crippen LogP contribution in [0.15, 0.2) is 78.6 Å². The van der Waals surface area contributed by atoms with Crippen molar-refractivity contribution in [2.45, 2.75) is 31.7 Å². The fourth-order valence-electron chi connectivity index (χ4n) is 4.41. The first-order valence-corrected chi connectivity index (χ1v) is 12.0. The number of piperidine rings is 1. The molecule has 6 heteroatoms. The predicted octanol–water partition coefficient (Wildman–Crippen LogP) is 5.20. The number of benzene rings is 1. The molecular formula is C26H26N4OS. The highest BCUT2D eigenvalue weighted by atomic mass is 32.1. The lowest BCUT2D eigenvalue weighted by Crippen LogP contribution is -2.33. The number of carbonyl (C=O) groups excluding carboxylic acids is 1. The van der Waals surface area contributed by atoms with Crippen LogP contribution in [0.4, 0.5) is 5.82 Å². The first-order valence-electron chi connectivity index (χ1n) is 11.1. The van der Waals surface area contributed by atoms with Gasteiger partial charge in [0, 0.05) is 43.6 Å². The molecule has 1 saturated heterocycles. The molecule has 4 aromatic rings. The SMILES string of the molecule is O=C(Cc1nc(N2CCC(c3ccccc3)CC2)cs1)c1cccn1Cc1ccncc1. The number of Topliss-reactive ketones (excluding diaryl/α,β-unsaturated/α-hetero) is 1. The molecule has 0 unspecified atom stereocenters. The fourth-order valence-corrected chi connectivity index (χ4v) is 5.22. The van der Waals surface area contributed by atoms with Crippen molar-refractivity contribution in [1.29, 1.82) is 0 Å². The number of nitrogens with zero attached hydrogens (tertiary/aromatic N) is 4. The summed E-state index contributed by atoms with van der Waals surface area (Å²) >= 11 is 1.58. The van der Waals surface area contributed by atoms with Gasteiger partial charge in [-0.3, -0.25) is 9.78 Å². The maximum Gasteiger partial charge on any atom is 0.186 e. The van der Waals surface area contributed by atoms with Gasteiger partial charge in [-0.1, -0.05) is 30.3 Å². The van der Waals surface area contributed by atoms with Gasteiger partial charge in [-0.05, 0) is 54.2 Å². The van der Waals surface area contributed by atoms with E-state index in [-0.39, 0.29) is 5.78 Å². The molecule has 1 aromatic carbocycles. The molecule has 0 saturated carbocycles. The van der Waals surface area contributed by atoms with Crippen LogP contribution in [0.3, 0.4) is 0 Å². The second-order valence-corrected chi connectivity index (χ2v) is 9.19. The first-order chi connectivity index (χ1) is 15.8. The average molecular weight is 443 g/mol. The Labute approximate surface area is 192 Å². The van der Waals surface area contributed by atoms with E-state index in [2.05, 4.69) is 45.6 Å². The molecule has 0 spiro atoms. The van der Waals surface area contributed by atoms with E-state index in [1.165, 1.54) is 5.56 Å². The van der Waals surface area contributed by atoms with Crippen molar-refractivity contribution in [3.05, 3.63) is 100 Å². The van der Waals surface area contributed by atoms with Crippen molar-refractivity contribution in [3.63, 3.8) is 0 Å². The van der Waals surface area contributed by atoms with E-state index in [0.29, 0.717) is 18.9 Å². The van der Waals surface area contributed by atoms with Gasteiger partial charge in [0.25, 0.3) is 0 Å². The summed E-state index contributed by atoms with van der Waals surface area (Å²) in [5, 5.41) is 2.98. The number of carbonyl (C=O) groups is 1. The number of thiazole rings is 1. The molecule has 3 aromatic heterocycles. The number of hydrogen-bond acceptors (Lipinski definition) is 5. The number of aromatic nitrogens is 3. The van der Waals surface area contributed by atoms with Gasteiger partial charge >= 0.3 is 0 Å². The lowest BCUT2D eigenvalue weighted by atomic mass is 9.89. The Kier molecular flexibility index (Phi) is 6.12. The van der Waals surface area contributed by atoms with E-state index >= 15 is 0 Å². The standard InChI is InChI=1S/C26H26N4OS/c31-24(23-7-4-14-30(23)18-20-8-12-27-13-9-20)17-26-28-25(19-32-26)29-15-10-22(11-16-29)21-5-2-1-3-6-21/h1-9,12-14,19,22H,10-11,15-18H2.